The Morgan fingerprint density at radius 1 is 1.26 bits per heavy atom. The number of nitrogens with zero attached hydrogens (tertiary/aromatic N) is 1. The topological polar surface area (TPSA) is 67.1 Å². The molecule has 0 bridgehead atoms. The van der Waals surface area contributed by atoms with Gasteiger partial charge in [0.15, 0.2) is 0 Å². The molecular weight excluding hydrogens is 408 g/mol. The standard InChI is InChI=1S/C23H36NO2.Rb/c1-3-4-12-23(16-26)18(11-15-25)5-7-19-20-8-6-17(10-14-24)22(20,2)13-9-21(19)23;/h10,18-21,25H,3-9,11-13,15-16H2,1-2H3;/q-1;+1/b17-10-;/t18-,19-,20-,21-,22+,23+;/m0./s1. The summed E-state index contributed by atoms with van der Waals surface area (Å²) in [5.74, 6) is 2.21. The van der Waals surface area contributed by atoms with Crippen molar-refractivity contribution >= 4 is 0 Å². The Morgan fingerprint density at radius 3 is 2.67 bits per heavy atom. The number of hydrogen-bond acceptors (Lipinski definition) is 3. The van der Waals surface area contributed by atoms with E-state index in [0.29, 0.717) is 23.7 Å². The normalized spacial score (nSPS) is 42.1. The molecule has 0 aromatic rings. The fourth-order valence-electron chi connectivity index (χ4n) is 7.33. The van der Waals surface area contributed by atoms with Crippen molar-refractivity contribution in [2.45, 2.75) is 78.1 Å². The predicted molar refractivity (Wildman–Crippen MR) is 102 cm³/mol. The number of rotatable bonds is 6. The van der Waals surface area contributed by atoms with Crippen molar-refractivity contribution in [1.29, 1.82) is 5.26 Å². The Morgan fingerprint density at radius 2 is 2.04 bits per heavy atom. The zero-order valence-electron chi connectivity index (χ0n) is 17.7. The molecule has 0 aromatic heterocycles. The predicted octanol–water partition coefficient (Wildman–Crippen LogP) is 1.21. The SMILES string of the molecule is CCCC[C@@]1(C[O-])[C@H](CCO)CC[C@@H]2[C@@H]1CC[C@]1(C)/C(=C\C#N)CC[C@@H]21.[Rb+]. The molecular formula is C23H36NO2Rb. The Bertz CT molecular complexity index is 571. The summed E-state index contributed by atoms with van der Waals surface area (Å²) in [5, 5.41) is 31.5. The molecule has 0 saturated heterocycles. The molecule has 6 atom stereocenters. The van der Waals surface area contributed by atoms with Gasteiger partial charge in [0, 0.05) is 12.7 Å². The van der Waals surface area contributed by atoms with Crippen LogP contribution in [0.15, 0.2) is 11.6 Å². The maximum Gasteiger partial charge on any atom is 1.00 e. The number of aliphatic hydroxyl groups is 1. The number of nitriles is 1. The summed E-state index contributed by atoms with van der Waals surface area (Å²) in [7, 11) is 0. The first-order valence-corrected chi connectivity index (χ1v) is 10.9. The maximum absolute atomic E-state index is 12.7. The Hall–Kier alpha value is 0.955. The van der Waals surface area contributed by atoms with Crippen LogP contribution >= 0.6 is 0 Å². The first-order valence-electron chi connectivity index (χ1n) is 10.9. The largest absolute Gasteiger partial charge is 1.00 e. The minimum absolute atomic E-state index is 0. The van der Waals surface area contributed by atoms with Crippen molar-refractivity contribution in [2.24, 2.45) is 34.5 Å². The van der Waals surface area contributed by atoms with Gasteiger partial charge in [-0.25, -0.2) is 0 Å². The van der Waals surface area contributed by atoms with Crippen molar-refractivity contribution in [1.82, 2.24) is 0 Å². The van der Waals surface area contributed by atoms with E-state index in [1.54, 1.807) is 0 Å². The fourth-order valence-corrected chi connectivity index (χ4v) is 7.33. The summed E-state index contributed by atoms with van der Waals surface area (Å²) >= 11 is 0. The van der Waals surface area contributed by atoms with E-state index >= 15 is 0 Å². The molecule has 0 aromatic carbocycles. The number of hydrogen-bond donors (Lipinski definition) is 1. The summed E-state index contributed by atoms with van der Waals surface area (Å²) < 4.78 is 0. The molecule has 3 saturated carbocycles. The van der Waals surface area contributed by atoms with Crippen LogP contribution in [0.1, 0.15) is 78.1 Å². The monoisotopic (exact) mass is 443 g/mol. The summed E-state index contributed by atoms with van der Waals surface area (Å²) in [6.07, 6.45) is 12.8. The zero-order valence-corrected chi connectivity index (χ0v) is 22.6. The molecule has 0 radical (unpaired) electrons. The van der Waals surface area contributed by atoms with E-state index in [9.17, 15) is 15.5 Å². The Kier molecular flexibility index (Phi) is 9.26. The van der Waals surface area contributed by atoms with E-state index in [0.717, 1.165) is 51.4 Å². The van der Waals surface area contributed by atoms with Gasteiger partial charge in [0.2, 0.25) is 0 Å². The number of allylic oxidation sites excluding steroid dienone is 2. The molecule has 0 heterocycles. The van der Waals surface area contributed by atoms with E-state index < -0.39 is 0 Å². The molecule has 0 unspecified atom stereocenters. The molecule has 146 valence electrons. The van der Waals surface area contributed by atoms with Crippen LogP contribution < -0.4 is 63.3 Å². The first-order chi connectivity index (χ1) is 12.6. The van der Waals surface area contributed by atoms with Gasteiger partial charge in [0.05, 0.1) is 6.07 Å². The first kappa shape index (κ1) is 24.2. The molecule has 3 aliphatic carbocycles. The van der Waals surface area contributed by atoms with Crippen LogP contribution in [0.5, 0.6) is 0 Å². The molecule has 3 fully saturated rings. The smallest absolute Gasteiger partial charge is 0.854 e. The number of aliphatic hydroxyl groups excluding tert-OH is 1. The number of fused-ring (bicyclic) bond motifs is 3. The third-order valence-corrected chi connectivity index (χ3v) is 8.67. The van der Waals surface area contributed by atoms with Gasteiger partial charge in [0.25, 0.3) is 0 Å². The molecule has 27 heavy (non-hydrogen) atoms. The average molecular weight is 444 g/mol. The van der Waals surface area contributed by atoms with Gasteiger partial charge in [-0.05, 0) is 85.9 Å². The minimum Gasteiger partial charge on any atom is -0.854 e. The summed E-state index contributed by atoms with van der Waals surface area (Å²) in [6, 6.07) is 2.28. The molecule has 4 heteroatoms. The summed E-state index contributed by atoms with van der Waals surface area (Å²) in [4.78, 5) is 0. The van der Waals surface area contributed by atoms with Gasteiger partial charge < -0.3 is 10.2 Å². The van der Waals surface area contributed by atoms with Crippen LogP contribution in [0.4, 0.5) is 0 Å². The van der Waals surface area contributed by atoms with Gasteiger partial charge in [0.1, 0.15) is 0 Å². The van der Waals surface area contributed by atoms with E-state index in [4.69, 9.17) is 0 Å². The van der Waals surface area contributed by atoms with Crippen LogP contribution in [0.3, 0.4) is 0 Å². The van der Waals surface area contributed by atoms with Crippen LogP contribution in [0, 0.1) is 45.8 Å². The van der Waals surface area contributed by atoms with Gasteiger partial charge in [-0.1, -0.05) is 32.3 Å². The summed E-state index contributed by atoms with van der Waals surface area (Å²) in [5.41, 5.74) is 1.44. The van der Waals surface area contributed by atoms with Crippen LogP contribution in [0.2, 0.25) is 0 Å². The van der Waals surface area contributed by atoms with Crippen LogP contribution in [0.25, 0.3) is 0 Å². The van der Waals surface area contributed by atoms with Gasteiger partial charge in [-0.3, -0.25) is 0 Å². The molecule has 0 aliphatic heterocycles. The molecule has 0 spiro atoms. The second-order valence-electron chi connectivity index (χ2n) is 9.44. The quantitative estimate of drug-likeness (QED) is 0.627. The molecule has 3 rings (SSSR count). The van der Waals surface area contributed by atoms with Crippen molar-refractivity contribution in [2.75, 3.05) is 13.2 Å². The van der Waals surface area contributed by atoms with Crippen LogP contribution in [-0.2, 0) is 0 Å². The van der Waals surface area contributed by atoms with Gasteiger partial charge in [-0.15, -0.1) is 6.61 Å². The zero-order chi connectivity index (χ0) is 18.8. The van der Waals surface area contributed by atoms with Crippen LogP contribution in [-0.4, -0.2) is 18.3 Å². The second-order valence-corrected chi connectivity index (χ2v) is 9.44. The van der Waals surface area contributed by atoms with E-state index in [2.05, 4.69) is 19.9 Å². The van der Waals surface area contributed by atoms with Gasteiger partial charge in [-0.2, -0.15) is 5.26 Å². The second kappa shape index (κ2) is 10.3. The van der Waals surface area contributed by atoms with E-state index in [1.807, 2.05) is 6.08 Å². The summed E-state index contributed by atoms with van der Waals surface area (Å²) in [6.45, 7) is 4.85. The molecule has 0 amide bonds. The van der Waals surface area contributed by atoms with E-state index in [-0.39, 0.29) is 82.2 Å². The average Bonchev–Trinajstić information content (AvgIpc) is 2.98. The van der Waals surface area contributed by atoms with Crippen molar-refractivity contribution < 1.29 is 68.4 Å². The Labute approximate surface area is 214 Å². The van der Waals surface area contributed by atoms with Crippen molar-refractivity contribution in [3.05, 3.63) is 11.6 Å². The molecule has 3 nitrogen and oxygen atoms in total. The van der Waals surface area contributed by atoms with E-state index in [1.165, 1.54) is 18.4 Å². The fraction of sp³-hybridized carbons (Fsp3) is 0.870. The number of unbranched alkanes of at least 4 members (excludes halogenated alkanes) is 1. The molecule has 1 N–H and O–H groups in total. The van der Waals surface area contributed by atoms with Crippen molar-refractivity contribution in [3.63, 3.8) is 0 Å². The third-order valence-electron chi connectivity index (χ3n) is 8.67. The van der Waals surface area contributed by atoms with Crippen molar-refractivity contribution in [3.8, 4) is 6.07 Å². The third kappa shape index (κ3) is 4.24. The maximum atomic E-state index is 12.7. The minimum atomic E-state index is -0.106. The molecule has 3 aliphatic rings. The Balaban J connectivity index is 0.00000261. The van der Waals surface area contributed by atoms with Gasteiger partial charge >= 0.3 is 58.2 Å².